The molecule has 0 bridgehead atoms. The molecule has 0 aliphatic rings. The van der Waals surface area contributed by atoms with Crippen LogP contribution in [0.1, 0.15) is 43.6 Å². The van der Waals surface area contributed by atoms with Crippen molar-refractivity contribution in [2.75, 3.05) is 13.7 Å². The van der Waals surface area contributed by atoms with Gasteiger partial charge >= 0.3 is 12.1 Å². The standard InChI is InChI=1S/C24H29NO6/c1-23(2,3)31-22(28)25-24(4,21(27)29-5)15-17-10-9-13-19(14-17)30-16-20(26)18-11-7-6-8-12-18/h6-14H,15-16H2,1-5H3,(H,25,28). The van der Waals surface area contributed by atoms with E-state index < -0.39 is 23.2 Å². The van der Waals surface area contributed by atoms with Gasteiger partial charge in [0.2, 0.25) is 0 Å². The number of alkyl carbamates (subject to hydrolysis) is 1. The highest BCUT2D eigenvalue weighted by Gasteiger charge is 2.37. The summed E-state index contributed by atoms with van der Waals surface area (Å²) >= 11 is 0. The number of carbonyl (C=O) groups excluding carboxylic acids is 3. The molecule has 2 aromatic carbocycles. The first-order valence-electron chi connectivity index (χ1n) is 9.92. The predicted octanol–water partition coefficient (Wildman–Crippen LogP) is 3.95. The number of ketones is 1. The summed E-state index contributed by atoms with van der Waals surface area (Å²) in [6.07, 6.45) is -0.579. The van der Waals surface area contributed by atoms with Gasteiger partial charge in [0.05, 0.1) is 7.11 Å². The second-order valence-corrected chi connectivity index (χ2v) is 8.35. The summed E-state index contributed by atoms with van der Waals surface area (Å²) in [5.41, 5.74) is -0.775. The summed E-state index contributed by atoms with van der Waals surface area (Å²) in [4.78, 5) is 36.9. The van der Waals surface area contributed by atoms with Crippen molar-refractivity contribution in [3.8, 4) is 5.75 Å². The summed E-state index contributed by atoms with van der Waals surface area (Å²) < 4.78 is 15.8. The Kier molecular flexibility index (Phi) is 7.80. The lowest BCUT2D eigenvalue weighted by Crippen LogP contribution is -2.55. The monoisotopic (exact) mass is 427 g/mol. The van der Waals surface area contributed by atoms with Gasteiger partial charge in [0.15, 0.2) is 12.4 Å². The van der Waals surface area contributed by atoms with E-state index in [4.69, 9.17) is 14.2 Å². The van der Waals surface area contributed by atoms with Crippen LogP contribution in [0.3, 0.4) is 0 Å². The van der Waals surface area contributed by atoms with Gasteiger partial charge in [0.25, 0.3) is 0 Å². The van der Waals surface area contributed by atoms with Gasteiger partial charge in [0.1, 0.15) is 16.9 Å². The number of hydrogen-bond donors (Lipinski definition) is 1. The molecule has 0 aliphatic heterocycles. The maximum atomic E-state index is 12.4. The molecule has 0 fully saturated rings. The molecule has 7 nitrogen and oxygen atoms in total. The highest BCUT2D eigenvalue weighted by molar-refractivity contribution is 5.97. The minimum absolute atomic E-state index is 0.113. The van der Waals surface area contributed by atoms with E-state index in [2.05, 4.69) is 5.32 Å². The van der Waals surface area contributed by atoms with E-state index in [1.165, 1.54) is 7.11 Å². The molecule has 2 aromatic rings. The number of hydrogen-bond acceptors (Lipinski definition) is 6. The van der Waals surface area contributed by atoms with Crippen LogP contribution in [0.5, 0.6) is 5.75 Å². The van der Waals surface area contributed by atoms with E-state index in [1.54, 1.807) is 76.2 Å². The maximum Gasteiger partial charge on any atom is 0.408 e. The zero-order valence-corrected chi connectivity index (χ0v) is 18.6. The molecule has 0 aromatic heterocycles. The molecule has 2 rings (SSSR count). The fraction of sp³-hybridized carbons (Fsp3) is 0.375. The van der Waals surface area contributed by atoms with Crippen LogP contribution in [0.4, 0.5) is 4.79 Å². The normalized spacial score (nSPS) is 12.9. The topological polar surface area (TPSA) is 90.9 Å². The van der Waals surface area contributed by atoms with Crippen LogP contribution in [-0.4, -0.2) is 42.7 Å². The average Bonchev–Trinajstić information content (AvgIpc) is 2.70. The fourth-order valence-corrected chi connectivity index (χ4v) is 2.93. The fourth-order valence-electron chi connectivity index (χ4n) is 2.93. The van der Waals surface area contributed by atoms with E-state index in [9.17, 15) is 14.4 Å². The van der Waals surface area contributed by atoms with Gasteiger partial charge in [-0.2, -0.15) is 0 Å². The smallest absolute Gasteiger partial charge is 0.408 e. The van der Waals surface area contributed by atoms with Gasteiger partial charge in [-0.1, -0.05) is 42.5 Å². The van der Waals surface area contributed by atoms with E-state index >= 15 is 0 Å². The van der Waals surface area contributed by atoms with Crippen LogP contribution in [-0.2, 0) is 20.7 Å². The molecule has 1 N–H and O–H groups in total. The van der Waals surface area contributed by atoms with E-state index in [0.29, 0.717) is 16.9 Å². The third kappa shape index (κ3) is 7.44. The molecule has 1 amide bonds. The molecule has 0 radical (unpaired) electrons. The van der Waals surface area contributed by atoms with Crippen molar-refractivity contribution < 1.29 is 28.6 Å². The van der Waals surface area contributed by atoms with E-state index in [1.807, 2.05) is 6.07 Å². The van der Waals surface area contributed by atoms with Crippen molar-refractivity contribution in [3.63, 3.8) is 0 Å². The number of amides is 1. The Hall–Kier alpha value is -3.35. The zero-order valence-electron chi connectivity index (χ0n) is 18.6. The highest BCUT2D eigenvalue weighted by Crippen LogP contribution is 2.21. The summed E-state index contributed by atoms with van der Waals surface area (Å²) in [6.45, 7) is 6.66. The third-order valence-corrected chi connectivity index (χ3v) is 4.33. The lowest BCUT2D eigenvalue weighted by atomic mass is 9.93. The highest BCUT2D eigenvalue weighted by atomic mass is 16.6. The Labute approximate surface area is 182 Å². The van der Waals surface area contributed by atoms with Crippen molar-refractivity contribution in [1.29, 1.82) is 0 Å². The average molecular weight is 427 g/mol. The molecule has 7 heteroatoms. The first kappa shape index (κ1) is 23.9. The number of carbonyl (C=O) groups is 3. The van der Waals surface area contributed by atoms with Gasteiger partial charge in [-0.3, -0.25) is 4.79 Å². The molecule has 1 atom stereocenters. The molecular formula is C24H29NO6. The van der Waals surface area contributed by atoms with Gasteiger partial charge in [-0.15, -0.1) is 0 Å². The molecule has 0 heterocycles. The SMILES string of the molecule is COC(=O)C(C)(Cc1cccc(OCC(=O)c2ccccc2)c1)NC(=O)OC(C)(C)C. The van der Waals surface area contributed by atoms with Crippen LogP contribution >= 0.6 is 0 Å². The van der Waals surface area contributed by atoms with Crippen molar-refractivity contribution in [3.05, 3.63) is 65.7 Å². The first-order chi connectivity index (χ1) is 14.5. The van der Waals surface area contributed by atoms with Gasteiger partial charge < -0.3 is 19.5 Å². The molecule has 0 saturated heterocycles. The van der Waals surface area contributed by atoms with Crippen molar-refractivity contribution in [1.82, 2.24) is 5.32 Å². The zero-order chi connectivity index (χ0) is 23.1. The number of ether oxygens (including phenoxy) is 3. The summed E-state index contributed by atoms with van der Waals surface area (Å²) in [5, 5.41) is 2.61. The van der Waals surface area contributed by atoms with Crippen LogP contribution in [0.2, 0.25) is 0 Å². The quantitative estimate of drug-likeness (QED) is 0.507. The van der Waals surface area contributed by atoms with Crippen LogP contribution in [0.25, 0.3) is 0 Å². The summed E-state index contributed by atoms with van der Waals surface area (Å²) in [7, 11) is 1.26. The van der Waals surface area contributed by atoms with Crippen LogP contribution in [0, 0.1) is 0 Å². The minimum atomic E-state index is -1.35. The van der Waals surface area contributed by atoms with Gasteiger partial charge in [-0.05, 0) is 45.4 Å². The lowest BCUT2D eigenvalue weighted by Gasteiger charge is -2.30. The second kappa shape index (κ2) is 10.1. The number of methoxy groups -OCH3 is 1. The molecule has 31 heavy (non-hydrogen) atoms. The van der Waals surface area contributed by atoms with E-state index in [-0.39, 0.29) is 18.8 Å². The molecule has 1 unspecified atom stereocenters. The summed E-state index contributed by atoms with van der Waals surface area (Å²) in [6, 6.07) is 15.9. The molecule has 0 saturated carbocycles. The minimum Gasteiger partial charge on any atom is -0.485 e. The third-order valence-electron chi connectivity index (χ3n) is 4.33. The first-order valence-corrected chi connectivity index (χ1v) is 9.92. The van der Waals surface area contributed by atoms with Crippen LogP contribution < -0.4 is 10.1 Å². The Morgan fingerprint density at radius 1 is 0.935 bits per heavy atom. The van der Waals surface area contributed by atoms with Crippen LogP contribution in [0.15, 0.2) is 54.6 Å². The molecule has 166 valence electrons. The second-order valence-electron chi connectivity index (χ2n) is 8.35. The molecule has 0 aliphatic carbocycles. The largest absolute Gasteiger partial charge is 0.485 e. The van der Waals surface area contributed by atoms with Crippen molar-refractivity contribution in [2.45, 2.75) is 45.3 Å². The van der Waals surface area contributed by atoms with Gasteiger partial charge in [0, 0.05) is 12.0 Å². The van der Waals surface area contributed by atoms with Crippen molar-refractivity contribution >= 4 is 17.8 Å². The number of Topliss-reactive ketones (excluding diaryl/α,β-unsaturated/α-hetero) is 1. The van der Waals surface area contributed by atoms with Gasteiger partial charge in [-0.25, -0.2) is 9.59 Å². The molecular weight excluding hydrogens is 398 g/mol. The lowest BCUT2D eigenvalue weighted by molar-refractivity contribution is -0.147. The molecule has 0 spiro atoms. The maximum absolute atomic E-state index is 12.4. The van der Waals surface area contributed by atoms with E-state index in [0.717, 1.165) is 0 Å². The predicted molar refractivity (Wildman–Crippen MR) is 116 cm³/mol. The Morgan fingerprint density at radius 3 is 2.23 bits per heavy atom. The number of rotatable bonds is 8. The number of esters is 1. The Morgan fingerprint density at radius 2 is 1.61 bits per heavy atom. The Balaban J connectivity index is 2.10. The van der Waals surface area contributed by atoms with Crippen molar-refractivity contribution in [2.24, 2.45) is 0 Å². The number of nitrogens with one attached hydrogen (secondary N) is 1. The Bertz CT molecular complexity index is 919. The number of benzene rings is 2. The summed E-state index contributed by atoms with van der Waals surface area (Å²) in [5.74, 6) is -0.271.